The van der Waals surface area contributed by atoms with Gasteiger partial charge in [0.15, 0.2) is 6.10 Å². The first kappa shape index (κ1) is 9.50. The van der Waals surface area contributed by atoms with Crippen molar-refractivity contribution in [3.05, 3.63) is 0 Å². The molecule has 1 heterocycles. The van der Waals surface area contributed by atoms with E-state index in [4.69, 9.17) is 10.2 Å². The number of aliphatic carboxylic acids is 2. The molecule has 6 nitrogen and oxygen atoms in total. The topological polar surface area (TPSA) is 101 Å². The maximum atomic E-state index is 10.9. The minimum Gasteiger partial charge on any atom is -0.481 e. The Bertz CT molecular complexity index is 258. The average molecular weight is 188 g/mol. The maximum Gasteiger partial charge on any atom is 0.345 e. The molecule has 0 aromatic carbocycles. The first-order chi connectivity index (χ1) is 6.00. The molecule has 1 aliphatic rings. The summed E-state index contributed by atoms with van der Waals surface area (Å²) in [5, 5.41) is 16.8. The van der Waals surface area contributed by atoms with Gasteiger partial charge in [-0.3, -0.25) is 9.59 Å². The Kier molecular flexibility index (Phi) is 2.50. The zero-order valence-electron chi connectivity index (χ0n) is 6.60. The lowest BCUT2D eigenvalue weighted by atomic mass is 10.0. The summed E-state index contributed by atoms with van der Waals surface area (Å²) in [6.07, 6.45) is -1.61. The van der Waals surface area contributed by atoms with Crippen LogP contribution in [0.1, 0.15) is 12.8 Å². The number of carboxylic acid groups (broad SMARTS) is 2. The summed E-state index contributed by atoms with van der Waals surface area (Å²) >= 11 is 0. The molecule has 0 saturated carbocycles. The average Bonchev–Trinajstić information content (AvgIpc) is 2.31. The second kappa shape index (κ2) is 3.42. The van der Waals surface area contributed by atoms with Crippen molar-refractivity contribution in [3.8, 4) is 0 Å². The molecule has 0 spiro atoms. The molecule has 0 aliphatic carbocycles. The molecule has 2 N–H and O–H groups in total. The number of hydrogen-bond acceptors (Lipinski definition) is 4. The highest BCUT2D eigenvalue weighted by Gasteiger charge is 2.39. The molecule has 1 saturated heterocycles. The van der Waals surface area contributed by atoms with Crippen LogP contribution in [0.4, 0.5) is 0 Å². The summed E-state index contributed by atoms with van der Waals surface area (Å²) in [5.74, 6) is -3.93. The predicted octanol–water partition coefficient (Wildman–Crippen LogP) is -0.523. The number of cyclic esters (lactones) is 1. The van der Waals surface area contributed by atoms with Crippen molar-refractivity contribution >= 4 is 17.9 Å². The van der Waals surface area contributed by atoms with E-state index < -0.39 is 29.9 Å². The van der Waals surface area contributed by atoms with Gasteiger partial charge in [-0.2, -0.15) is 0 Å². The van der Waals surface area contributed by atoms with Crippen LogP contribution in [0.15, 0.2) is 0 Å². The van der Waals surface area contributed by atoms with Crippen LogP contribution < -0.4 is 0 Å². The highest BCUT2D eigenvalue weighted by molar-refractivity contribution is 5.85. The van der Waals surface area contributed by atoms with Crippen LogP contribution in [0.5, 0.6) is 0 Å². The summed E-state index contributed by atoms with van der Waals surface area (Å²) in [7, 11) is 0. The fraction of sp³-hybridized carbons (Fsp3) is 0.571. The molecule has 2 atom stereocenters. The van der Waals surface area contributed by atoms with E-state index in [9.17, 15) is 14.4 Å². The molecule has 0 bridgehead atoms. The third-order valence-electron chi connectivity index (χ3n) is 1.79. The monoisotopic (exact) mass is 188 g/mol. The Morgan fingerprint density at radius 1 is 1.46 bits per heavy atom. The lowest BCUT2D eigenvalue weighted by Gasteiger charge is -1.99. The van der Waals surface area contributed by atoms with E-state index >= 15 is 0 Å². The Morgan fingerprint density at radius 3 is 2.46 bits per heavy atom. The Morgan fingerprint density at radius 2 is 2.08 bits per heavy atom. The Labute approximate surface area is 73.1 Å². The van der Waals surface area contributed by atoms with Crippen LogP contribution in [-0.2, 0) is 19.1 Å². The maximum absolute atomic E-state index is 10.9. The lowest BCUT2D eigenvalue weighted by molar-refractivity contribution is -0.158. The molecule has 0 amide bonds. The third kappa shape index (κ3) is 2.17. The third-order valence-corrected chi connectivity index (χ3v) is 1.79. The number of ether oxygens (including phenoxy) is 1. The van der Waals surface area contributed by atoms with Crippen molar-refractivity contribution in [2.45, 2.75) is 18.9 Å². The first-order valence-corrected chi connectivity index (χ1v) is 3.66. The fourth-order valence-electron chi connectivity index (χ4n) is 1.17. The van der Waals surface area contributed by atoms with Crippen LogP contribution in [0.2, 0.25) is 0 Å². The van der Waals surface area contributed by atoms with Crippen LogP contribution in [0, 0.1) is 5.92 Å². The SMILES string of the molecule is O=C(O)CC1CC(C(=O)O)OC1=O. The van der Waals surface area contributed by atoms with Crippen molar-refractivity contribution in [3.63, 3.8) is 0 Å². The smallest absolute Gasteiger partial charge is 0.345 e. The van der Waals surface area contributed by atoms with Gasteiger partial charge in [-0.05, 0) is 0 Å². The quantitative estimate of drug-likeness (QED) is 0.578. The number of hydrogen-bond donors (Lipinski definition) is 2. The summed E-state index contributed by atoms with van der Waals surface area (Å²) < 4.78 is 4.43. The summed E-state index contributed by atoms with van der Waals surface area (Å²) in [6, 6.07) is 0. The number of esters is 1. The minimum atomic E-state index is -1.23. The van der Waals surface area contributed by atoms with Gasteiger partial charge in [-0.15, -0.1) is 0 Å². The molecule has 72 valence electrons. The minimum absolute atomic E-state index is 0.0551. The molecule has 13 heavy (non-hydrogen) atoms. The van der Waals surface area contributed by atoms with Crippen LogP contribution in [0.3, 0.4) is 0 Å². The van der Waals surface area contributed by atoms with Crippen molar-refractivity contribution in [2.24, 2.45) is 5.92 Å². The molecule has 0 aromatic rings. The molecule has 0 aromatic heterocycles. The van der Waals surface area contributed by atoms with Crippen molar-refractivity contribution in [1.29, 1.82) is 0 Å². The highest BCUT2D eigenvalue weighted by atomic mass is 16.6. The van der Waals surface area contributed by atoms with Crippen LogP contribution in [-0.4, -0.2) is 34.2 Å². The van der Waals surface area contributed by atoms with Crippen molar-refractivity contribution < 1.29 is 29.3 Å². The lowest BCUT2D eigenvalue weighted by Crippen LogP contribution is -2.18. The Hall–Kier alpha value is -1.59. The predicted molar refractivity (Wildman–Crippen MR) is 37.9 cm³/mol. The van der Waals surface area contributed by atoms with E-state index in [0.717, 1.165) is 0 Å². The zero-order chi connectivity index (χ0) is 10.0. The number of rotatable bonds is 3. The fourth-order valence-corrected chi connectivity index (χ4v) is 1.17. The molecule has 2 unspecified atom stereocenters. The molecule has 6 heteroatoms. The van der Waals surface area contributed by atoms with Gasteiger partial charge in [0.1, 0.15) is 0 Å². The molecule has 0 radical (unpaired) electrons. The normalized spacial score (nSPS) is 26.9. The standard InChI is InChI=1S/C7H8O6/c8-5(9)2-3-1-4(6(10)11)13-7(3)12/h3-4H,1-2H2,(H,8,9)(H,10,11). The molecular formula is C7H8O6. The van der Waals surface area contributed by atoms with E-state index in [1.807, 2.05) is 0 Å². The van der Waals surface area contributed by atoms with E-state index in [1.165, 1.54) is 0 Å². The van der Waals surface area contributed by atoms with Crippen LogP contribution >= 0.6 is 0 Å². The van der Waals surface area contributed by atoms with Gasteiger partial charge in [0.2, 0.25) is 0 Å². The molecular weight excluding hydrogens is 180 g/mol. The van der Waals surface area contributed by atoms with Crippen molar-refractivity contribution in [2.75, 3.05) is 0 Å². The Balaban J connectivity index is 2.56. The molecule has 1 aliphatic heterocycles. The highest BCUT2D eigenvalue weighted by Crippen LogP contribution is 2.23. The van der Waals surface area contributed by atoms with Gasteiger partial charge in [-0.1, -0.05) is 0 Å². The van der Waals surface area contributed by atoms with E-state index in [-0.39, 0.29) is 12.8 Å². The van der Waals surface area contributed by atoms with E-state index in [0.29, 0.717) is 0 Å². The largest absolute Gasteiger partial charge is 0.481 e. The first-order valence-electron chi connectivity index (χ1n) is 3.66. The summed E-state index contributed by atoms with van der Waals surface area (Å²) in [4.78, 5) is 31.5. The van der Waals surface area contributed by atoms with E-state index in [2.05, 4.69) is 4.74 Å². The second-order valence-corrected chi connectivity index (χ2v) is 2.79. The van der Waals surface area contributed by atoms with Crippen LogP contribution in [0.25, 0.3) is 0 Å². The van der Waals surface area contributed by atoms with E-state index in [1.54, 1.807) is 0 Å². The van der Waals surface area contributed by atoms with Gasteiger partial charge in [0.25, 0.3) is 0 Å². The van der Waals surface area contributed by atoms with Gasteiger partial charge in [-0.25, -0.2) is 4.79 Å². The summed E-state index contributed by atoms with van der Waals surface area (Å²) in [5.41, 5.74) is 0. The number of carbonyl (C=O) groups excluding carboxylic acids is 1. The molecule has 1 rings (SSSR count). The number of carboxylic acids is 2. The second-order valence-electron chi connectivity index (χ2n) is 2.79. The van der Waals surface area contributed by atoms with Crippen molar-refractivity contribution in [1.82, 2.24) is 0 Å². The van der Waals surface area contributed by atoms with Gasteiger partial charge in [0, 0.05) is 6.42 Å². The molecule has 1 fully saturated rings. The zero-order valence-corrected chi connectivity index (χ0v) is 6.60. The van der Waals surface area contributed by atoms with Gasteiger partial charge >= 0.3 is 17.9 Å². The number of carbonyl (C=O) groups is 3. The van der Waals surface area contributed by atoms with Gasteiger partial charge < -0.3 is 14.9 Å². The summed E-state index contributed by atoms with van der Waals surface area (Å²) in [6.45, 7) is 0. The van der Waals surface area contributed by atoms with Gasteiger partial charge in [0.05, 0.1) is 12.3 Å².